The second-order valence-corrected chi connectivity index (χ2v) is 13.8. The molecule has 0 spiro atoms. The number of nitrogens with zero attached hydrogens (tertiary/aromatic N) is 2. The lowest BCUT2D eigenvalue weighted by molar-refractivity contribution is 0.638. The monoisotopic (exact) mass is 404 g/mol. The molecule has 0 aliphatic rings. The normalized spacial score (nSPS) is 13.1. The Bertz CT molecular complexity index is 675. The lowest BCUT2D eigenvalue weighted by atomic mass is 10.3. The number of halogens is 3. The molecule has 0 radical (unpaired) electrons. The molecule has 0 N–H and O–H groups in total. The van der Waals surface area contributed by atoms with Gasteiger partial charge in [-0.25, -0.2) is 9.37 Å². The molecule has 22 heavy (non-hydrogen) atoms. The molecule has 0 saturated carbocycles. The molecule has 0 fully saturated rings. The molecule has 122 valence electrons. The van der Waals surface area contributed by atoms with Crippen LogP contribution in [-0.4, -0.2) is 17.5 Å². The molecular weight excluding hydrogens is 383 g/mol. The molecule has 2 aromatic rings. The first kappa shape index (κ1) is 18.0. The smallest absolute Gasteiger partial charge is 0.171 e. The average molecular weight is 406 g/mol. The van der Waals surface area contributed by atoms with E-state index in [0.717, 1.165) is 4.47 Å². The van der Waals surface area contributed by atoms with Crippen molar-refractivity contribution in [2.45, 2.75) is 58.2 Å². The van der Waals surface area contributed by atoms with Crippen LogP contribution in [0.15, 0.2) is 16.9 Å². The molecule has 0 aliphatic heterocycles. The third kappa shape index (κ3) is 2.45. The van der Waals surface area contributed by atoms with Crippen LogP contribution in [0.5, 0.6) is 0 Å². The average Bonchev–Trinajstić information content (AvgIpc) is 2.71. The van der Waals surface area contributed by atoms with Gasteiger partial charge in [0.25, 0.3) is 0 Å². The van der Waals surface area contributed by atoms with Crippen molar-refractivity contribution in [1.82, 2.24) is 9.22 Å². The van der Waals surface area contributed by atoms with E-state index in [-0.39, 0.29) is 5.02 Å². The highest BCUT2D eigenvalue weighted by atomic mass is 79.9. The zero-order valence-electron chi connectivity index (χ0n) is 13.9. The van der Waals surface area contributed by atoms with Gasteiger partial charge in [0.2, 0.25) is 0 Å². The first-order chi connectivity index (χ1) is 10.2. The van der Waals surface area contributed by atoms with Crippen LogP contribution >= 0.6 is 27.5 Å². The highest BCUT2D eigenvalue weighted by Crippen LogP contribution is 2.45. The van der Waals surface area contributed by atoms with E-state index in [1.54, 1.807) is 0 Å². The summed E-state index contributed by atoms with van der Waals surface area (Å²) in [6, 6.07) is 0. The highest BCUT2D eigenvalue weighted by molar-refractivity contribution is 9.10. The van der Waals surface area contributed by atoms with Gasteiger partial charge in [0.1, 0.15) is 5.65 Å². The van der Waals surface area contributed by atoms with E-state index in [0.29, 0.717) is 27.7 Å². The van der Waals surface area contributed by atoms with Crippen LogP contribution in [0.3, 0.4) is 0 Å². The number of aromatic nitrogens is 2. The van der Waals surface area contributed by atoms with Crippen LogP contribution in [0.2, 0.25) is 21.6 Å². The number of hydrogen-bond donors (Lipinski definition) is 0. The van der Waals surface area contributed by atoms with Crippen molar-refractivity contribution >= 4 is 46.8 Å². The fraction of sp³-hybridized carbons (Fsp3) is 0.562. The van der Waals surface area contributed by atoms with Crippen molar-refractivity contribution in [3.8, 4) is 0 Å². The minimum atomic E-state index is -1.97. The summed E-state index contributed by atoms with van der Waals surface area (Å²) in [5.41, 5.74) is 2.23. The number of pyridine rings is 1. The van der Waals surface area contributed by atoms with Gasteiger partial charge in [0, 0.05) is 10.7 Å². The number of rotatable bonds is 4. The van der Waals surface area contributed by atoms with E-state index in [1.165, 1.54) is 6.20 Å². The third-order valence-corrected chi connectivity index (χ3v) is 12.4. The summed E-state index contributed by atoms with van der Waals surface area (Å²) in [5.74, 6) is -0.392. The summed E-state index contributed by atoms with van der Waals surface area (Å²) < 4.78 is 17.5. The van der Waals surface area contributed by atoms with Gasteiger partial charge in [0.05, 0.1) is 16.6 Å². The lowest BCUT2D eigenvalue weighted by Gasteiger charge is -2.44. The van der Waals surface area contributed by atoms with E-state index in [9.17, 15) is 4.39 Å². The Morgan fingerprint density at radius 3 is 2.09 bits per heavy atom. The van der Waals surface area contributed by atoms with Crippen LogP contribution in [-0.2, 0) is 0 Å². The number of hydrogen-bond acceptors (Lipinski definition) is 1. The predicted molar refractivity (Wildman–Crippen MR) is 98.8 cm³/mol. The van der Waals surface area contributed by atoms with E-state index in [4.69, 9.17) is 11.6 Å². The van der Waals surface area contributed by atoms with Crippen molar-refractivity contribution < 1.29 is 4.39 Å². The summed E-state index contributed by atoms with van der Waals surface area (Å²) >= 11 is 9.42. The summed E-state index contributed by atoms with van der Waals surface area (Å²) in [7, 11) is -1.97. The Morgan fingerprint density at radius 1 is 1.14 bits per heavy atom. The van der Waals surface area contributed by atoms with Gasteiger partial charge >= 0.3 is 0 Å². The molecule has 0 aliphatic carbocycles. The van der Waals surface area contributed by atoms with Gasteiger partial charge in [-0.05, 0) is 32.6 Å². The molecule has 0 atom stereocenters. The molecule has 2 nitrogen and oxygen atoms in total. The Morgan fingerprint density at radius 2 is 1.64 bits per heavy atom. The molecule has 2 heterocycles. The Balaban J connectivity index is 2.90. The molecule has 0 amide bonds. The van der Waals surface area contributed by atoms with Crippen LogP contribution in [0, 0.1) is 5.82 Å². The predicted octanol–water partition coefficient (Wildman–Crippen LogP) is 6.61. The molecule has 0 saturated heterocycles. The van der Waals surface area contributed by atoms with E-state index in [2.05, 4.69) is 66.7 Å². The SMILES string of the molecule is CC(C)[Si](C(C)C)(C(C)C)n1cc(Br)c2c(F)c(Cl)cnc21. The molecule has 0 bridgehead atoms. The largest absolute Gasteiger partial charge is 0.357 e. The Hall–Kier alpha value is -0.393. The molecule has 6 heteroatoms. The van der Waals surface area contributed by atoms with Gasteiger partial charge < -0.3 is 4.23 Å². The minimum absolute atomic E-state index is 0.0665. The third-order valence-electron chi connectivity index (χ3n) is 4.85. The van der Waals surface area contributed by atoms with E-state index in [1.807, 2.05) is 6.20 Å². The summed E-state index contributed by atoms with van der Waals surface area (Å²) in [6.07, 6.45) is 3.44. The molecule has 0 unspecified atom stereocenters. The fourth-order valence-electron chi connectivity index (χ4n) is 4.22. The van der Waals surface area contributed by atoms with Gasteiger partial charge in [-0.15, -0.1) is 0 Å². The van der Waals surface area contributed by atoms with Crippen molar-refractivity contribution in [2.24, 2.45) is 0 Å². The van der Waals surface area contributed by atoms with Crippen LogP contribution in [0.1, 0.15) is 41.5 Å². The van der Waals surface area contributed by atoms with Crippen molar-refractivity contribution in [3.05, 3.63) is 27.7 Å². The minimum Gasteiger partial charge on any atom is -0.357 e. The second kappa shape index (κ2) is 6.25. The van der Waals surface area contributed by atoms with E-state index < -0.39 is 14.1 Å². The second-order valence-electron chi connectivity index (χ2n) is 6.82. The summed E-state index contributed by atoms with van der Waals surface area (Å²) in [5, 5.41) is 0.559. The Labute approximate surface area is 146 Å². The van der Waals surface area contributed by atoms with Crippen molar-refractivity contribution in [2.75, 3.05) is 0 Å². The molecular formula is C16H23BrClFN2Si. The number of fused-ring (bicyclic) bond motifs is 1. The summed E-state index contributed by atoms with van der Waals surface area (Å²) in [6.45, 7) is 13.7. The molecule has 2 aromatic heterocycles. The standard InChI is InChI=1S/C16H23BrClFN2Si/c1-9(2)22(10(3)4,11(5)6)21-8-12(17)14-15(19)13(18)7-20-16(14)21/h7-11H,1-6H3. The van der Waals surface area contributed by atoms with Gasteiger partial charge in [-0.1, -0.05) is 53.1 Å². The van der Waals surface area contributed by atoms with Gasteiger partial charge in [-0.2, -0.15) is 0 Å². The quantitative estimate of drug-likeness (QED) is 0.523. The zero-order chi connectivity index (χ0) is 16.8. The lowest BCUT2D eigenvalue weighted by Crippen LogP contribution is -2.51. The van der Waals surface area contributed by atoms with Crippen molar-refractivity contribution in [3.63, 3.8) is 0 Å². The maximum Gasteiger partial charge on any atom is 0.171 e. The highest BCUT2D eigenvalue weighted by Gasteiger charge is 2.46. The van der Waals surface area contributed by atoms with Gasteiger partial charge in [-0.3, -0.25) is 0 Å². The van der Waals surface area contributed by atoms with E-state index >= 15 is 0 Å². The zero-order valence-corrected chi connectivity index (χ0v) is 17.3. The Kier molecular flexibility index (Phi) is 5.10. The van der Waals surface area contributed by atoms with Crippen LogP contribution < -0.4 is 0 Å². The van der Waals surface area contributed by atoms with Crippen molar-refractivity contribution in [1.29, 1.82) is 0 Å². The first-order valence-electron chi connectivity index (χ1n) is 7.66. The molecule has 0 aromatic carbocycles. The maximum absolute atomic E-state index is 14.5. The van der Waals surface area contributed by atoms with Crippen LogP contribution in [0.4, 0.5) is 4.39 Å². The van der Waals surface area contributed by atoms with Crippen LogP contribution in [0.25, 0.3) is 11.0 Å². The van der Waals surface area contributed by atoms with Gasteiger partial charge in [0.15, 0.2) is 14.1 Å². The molecule has 2 rings (SSSR count). The fourth-order valence-corrected chi connectivity index (χ4v) is 11.7. The maximum atomic E-state index is 14.5. The first-order valence-corrected chi connectivity index (χ1v) is 11.0. The topological polar surface area (TPSA) is 17.8 Å². The summed E-state index contributed by atoms with van der Waals surface area (Å²) in [4.78, 5) is 4.47.